The molecule has 0 fully saturated rings. The predicted octanol–water partition coefficient (Wildman–Crippen LogP) is 2.89. The summed E-state index contributed by atoms with van der Waals surface area (Å²) in [4.78, 5) is 2.40. The minimum Gasteiger partial charge on any atom is -0.413 e. The summed E-state index contributed by atoms with van der Waals surface area (Å²) in [6.07, 6.45) is 0. The molecule has 15 heavy (non-hydrogen) atoms. The number of hydrogen-bond acceptors (Lipinski definition) is 2. The molecule has 0 amide bonds. The van der Waals surface area contributed by atoms with Crippen molar-refractivity contribution < 1.29 is 4.65 Å². The molecule has 1 aliphatic heterocycles. The van der Waals surface area contributed by atoms with Crippen LogP contribution >= 0.6 is 0 Å². The maximum Gasteiger partial charge on any atom is 0.412 e. The van der Waals surface area contributed by atoms with Gasteiger partial charge in [-0.25, -0.2) is 0 Å². The Morgan fingerprint density at radius 2 is 1.73 bits per heavy atom. The Morgan fingerprint density at radius 3 is 2.13 bits per heavy atom. The van der Waals surface area contributed by atoms with Gasteiger partial charge in [-0.3, -0.25) is 0 Å². The largest absolute Gasteiger partial charge is 0.413 e. The summed E-state index contributed by atoms with van der Waals surface area (Å²) in [5, 5.41) is 0. The van der Waals surface area contributed by atoms with Gasteiger partial charge in [-0.2, -0.15) is 0 Å². The molecule has 0 aliphatic carbocycles. The highest BCUT2D eigenvalue weighted by atomic mass is 16.5. The van der Waals surface area contributed by atoms with Gasteiger partial charge in [-0.15, -0.1) is 0 Å². The van der Waals surface area contributed by atoms with Crippen LogP contribution in [0.15, 0.2) is 11.5 Å². The Hall–Kier alpha value is -0.275. The van der Waals surface area contributed by atoms with Crippen molar-refractivity contribution in [3.63, 3.8) is 0 Å². The van der Waals surface area contributed by atoms with E-state index in [4.69, 9.17) is 4.65 Å². The fourth-order valence-corrected chi connectivity index (χ4v) is 1.82. The molecular formula is C12H24BNO. The van der Waals surface area contributed by atoms with Crippen LogP contribution in [0.2, 0.25) is 0 Å². The summed E-state index contributed by atoms with van der Waals surface area (Å²) in [5.41, 5.74) is 1.47. The molecule has 0 saturated carbocycles. The topological polar surface area (TPSA) is 12.5 Å². The second kappa shape index (κ2) is 3.95. The molecule has 0 spiro atoms. The minimum absolute atomic E-state index is 0.0880. The van der Waals surface area contributed by atoms with Gasteiger partial charge < -0.3 is 9.47 Å². The molecule has 0 unspecified atom stereocenters. The van der Waals surface area contributed by atoms with Crippen molar-refractivity contribution in [2.75, 3.05) is 6.54 Å². The first-order valence-corrected chi connectivity index (χ1v) is 5.71. The molecule has 0 aromatic rings. The van der Waals surface area contributed by atoms with Gasteiger partial charge in [-0.05, 0) is 48.5 Å². The van der Waals surface area contributed by atoms with E-state index in [0.717, 1.165) is 6.54 Å². The van der Waals surface area contributed by atoms with E-state index in [1.54, 1.807) is 0 Å². The van der Waals surface area contributed by atoms with Crippen LogP contribution in [-0.2, 0) is 4.65 Å². The van der Waals surface area contributed by atoms with Gasteiger partial charge in [0.15, 0.2) is 0 Å². The molecule has 1 aliphatic rings. The van der Waals surface area contributed by atoms with Crippen LogP contribution in [0, 0.1) is 0 Å². The van der Waals surface area contributed by atoms with E-state index in [9.17, 15) is 0 Å². The Balaban J connectivity index is 2.76. The van der Waals surface area contributed by atoms with Gasteiger partial charge in [0.1, 0.15) is 0 Å². The van der Waals surface area contributed by atoms with E-state index in [-0.39, 0.29) is 18.2 Å². The van der Waals surface area contributed by atoms with E-state index in [0.29, 0.717) is 0 Å². The molecule has 1 heterocycles. The number of hydrogen-bond donors (Lipinski definition) is 0. The second-order valence-electron chi connectivity index (χ2n) is 6.43. The minimum atomic E-state index is -0.0880. The SMILES string of the molecule is CC1=CB(OC(C)(C)C)N(C(C)(C)C)C1. The summed E-state index contributed by atoms with van der Waals surface area (Å²) in [7, 11) is 0.130. The van der Waals surface area contributed by atoms with Crippen molar-refractivity contribution in [1.82, 2.24) is 4.81 Å². The van der Waals surface area contributed by atoms with Gasteiger partial charge in [-0.1, -0.05) is 11.5 Å². The van der Waals surface area contributed by atoms with E-state index in [1.807, 2.05) is 0 Å². The summed E-state index contributed by atoms with van der Waals surface area (Å²) in [5.74, 6) is 2.23. The van der Waals surface area contributed by atoms with E-state index < -0.39 is 0 Å². The molecule has 0 aromatic heterocycles. The summed E-state index contributed by atoms with van der Waals surface area (Å²) >= 11 is 0. The standard InChI is InChI=1S/C12H24BNO/c1-10-8-13(15-12(5,6)7)14(9-10)11(2,3)4/h8H,9H2,1-7H3. The molecule has 0 aromatic carbocycles. The van der Waals surface area contributed by atoms with Gasteiger partial charge in [0, 0.05) is 17.7 Å². The predicted molar refractivity (Wildman–Crippen MR) is 66.8 cm³/mol. The maximum absolute atomic E-state index is 6.06. The van der Waals surface area contributed by atoms with Crippen molar-refractivity contribution in [2.45, 2.75) is 59.6 Å². The summed E-state index contributed by atoms with van der Waals surface area (Å²) in [6.45, 7) is 16.2. The first kappa shape index (κ1) is 12.8. The van der Waals surface area contributed by atoms with Crippen molar-refractivity contribution in [3.8, 4) is 0 Å². The van der Waals surface area contributed by atoms with Crippen molar-refractivity contribution in [2.24, 2.45) is 0 Å². The average molecular weight is 209 g/mol. The van der Waals surface area contributed by atoms with Crippen LogP contribution in [0.4, 0.5) is 0 Å². The molecule has 0 bridgehead atoms. The lowest BCUT2D eigenvalue weighted by molar-refractivity contribution is 0.0989. The third kappa shape index (κ3) is 3.65. The van der Waals surface area contributed by atoms with Gasteiger partial charge in [0.25, 0.3) is 0 Å². The van der Waals surface area contributed by atoms with Crippen LogP contribution < -0.4 is 0 Å². The lowest BCUT2D eigenvalue weighted by atomic mass is 9.77. The maximum atomic E-state index is 6.06. The highest BCUT2D eigenvalue weighted by Gasteiger charge is 2.38. The molecule has 0 atom stereocenters. The van der Waals surface area contributed by atoms with Crippen LogP contribution in [-0.4, -0.2) is 29.5 Å². The van der Waals surface area contributed by atoms with E-state index in [1.165, 1.54) is 5.57 Å². The van der Waals surface area contributed by atoms with Crippen molar-refractivity contribution >= 4 is 7.05 Å². The number of rotatable bonds is 1. The van der Waals surface area contributed by atoms with Gasteiger partial charge >= 0.3 is 7.05 Å². The monoisotopic (exact) mass is 209 g/mol. The van der Waals surface area contributed by atoms with Crippen molar-refractivity contribution in [3.05, 3.63) is 11.5 Å². The lowest BCUT2D eigenvalue weighted by Gasteiger charge is -2.37. The molecule has 3 heteroatoms. The number of nitrogens with zero attached hydrogens (tertiary/aromatic N) is 1. The molecule has 0 saturated heterocycles. The highest BCUT2D eigenvalue weighted by molar-refractivity contribution is 6.56. The zero-order valence-corrected chi connectivity index (χ0v) is 11.2. The lowest BCUT2D eigenvalue weighted by Crippen LogP contribution is -2.51. The molecular weight excluding hydrogens is 185 g/mol. The van der Waals surface area contributed by atoms with Crippen LogP contribution in [0.5, 0.6) is 0 Å². The Bertz CT molecular complexity index is 260. The molecule has 0 N–H and O–H groups in total. The third-order valence-corrected chi connectivity index (χ3v) is 2.49. The normalized spacial score (nSPS) is 19.7. The smallest absolute Gasteiger partial charge is 0.412 e. The molecule has 1 rings (SSSR count). The van der Waals surface area contributed by atoms with Crippen LogP contribution in [0.3, 0.4) is 0 Å². The first-order valence-electron chi connectivity index (χ1n) is 5.71. The first-order chi connectivity index (χ1) is 6.59. The summed E-state index contributed by atoms with van der Waals surface area (Å²) in [6, 6.07) is 0. The average Bonchev–Trinajstić information content (AvgIpc) is 2.25. The zero-order chi connectivity index (χ0) is 11.9. The molecule has 86 valence electrons. The molecule has 2 nitrogen and oxygen atoms in total. The Kier molecular flexibility index (Phi) is 3.37. The second-order valence-corrected chi connectivity index (χ2v) is 6.43. The highest BCUT2D eigenvalue weighted by Crippen LogP contribution is 2.26. The Labute approximate surface area is 94.8 Å². The van der Waals surface area contributed by atoms with Crippen LogP contribution in [0.25, 0.3) is 0 Å². The quantitative estimate of drug-likeness (QED) is 0.615. The van der Waals surface area contributed by atoms with Crippen molar-refractivity contribution in [1.29, 1.82) is 0 Å². The van der Waals surface area contributed by atoms with E-state index >= 15 is 0 Å². The zero-order valence-electron chi connectivity index (χ0n) is 11.2. The van der Waals surface area contributed by atoms with Gasteiger partial charge in [0.2, 0.25) is 0 Å². The van der Waals surface area contributed by atoms with E-state index in [2.05, 4.69) is 59.3 Å². The Morgan fingerprint density at radius 1 is 1.20 bits per heavy atom. The fraction of sp³-hybridized carbons (Fsp3) is 0.833. The third-order valence-electron chi connectivity index (χ3n) is 2.49. The fourth-order valence-electron chi connectivity index (χ4n) is 1.82. The molecule has 0 radical (unpaired) electrons. The van der Waals surface area contributed by atoms with Crippen LogP contribution in [0.1, 0.15) is 48.5 Å². The summed E-state index contributed by atoms with van der Waals surface area (Å²) < 4.78 is 6.06. The van der Waals surface area contributed by atoms with Gasteiger partial charge in [0.05, 0.1) is 0 Å².